The summed E-state index contributed by atoms with van der Waals surface area (Å²) >= 11 is 0. The van der Waals surface area contributed by atoms with Crippen molar-refractivity contribution in [2.24, 2.45) is 0 Å². The van der Waals surface area contributed by atoms with Gasteiger partial charge >= 0.3 is 0 Å². The molecular weight excluding hydrogens is 202 g/mol. The number of nitrogens with one attached hydrogen (secondary N) is 1. The summed E-state index contributed by atoms with van der Waals surface area (Å²) in [4.78, 5) is 0. The molecule has 0 amide bonds. The molecule has 1 aromatic carbocycles. The highest BCUT2D eigenvalue weighted by atomic mass is 16.5. The van der Waals surface area contributed by atoms with Crippen LogP contribution in [-0.2, 0) is 18.0 Å². The molecule has 0 bridgehead atoms. The molecule has 86 valence electrons. The molecule has 0 saturated carbocycles. The Morgan fingerprint density at radius 1 is 1.38 bits per heavy atom. The van der Waals surface area contributed by atoms with Crippen molar-refractivity contribution in [3.63, 3.8) is 0 Å². The molecule has 3 rings (SSSR count). The molecule has 3 nitrogen and oxygen atoms in total. The maximum Gasteiger partial charge on any atom is 0.124 e. The number of benzene rings is 1. The van der Waals surface area contributed by atoms with E-state index in [1.807, 2.05) is 0 Å². The zero-order valence-corrected chi connectivity index (χ0v) is 9.58. The number of fused-ring (bicyclic) bond motifs is 1. The van der Waals surface area contributed by atoms with Crippen LogP contribution in [0.4, 0.5) is 0 Å². The lowest BCUT2D eigenvalue weighted by Gasteiger charge is -2.18. The molecule has 1 aromatic rings. The maximum absolute atomic E-state index is 5.53. The lowest BCUT2D eigenvalue weighted by atomic mass is 9.95. The first-order valence-electron chi connectivity index (χ1n) is 5.90. The standard InChI is InChI=1S/C13H17NO2/c1-15-12-5-4-9-7-16-8-10(9)13(12)11-3-2-6-14-11/h4-5,11,14H,2-3,6-8H2,1H3. The third-order valence-electron chi connectivity index (χ3n) is 3.55. The van der Waals surface area contributed by atoms with Crippen LogP contribution in [0.2, 0.25) is 0 Å². The van der Waals surface area contributed by atoms with Crippen LogP contribution >= 0.6 is 0 Å². The van der Waals surface area contributed by atoms with Gasteiger partial charge in [0, 0.05) is 11.6 Å². The summed E-state index contributed by atoms with van der Waals surface area (Å²) < 4.78 is 11.0. The van der Waals surface area contributed by atoms with Gasteiger partial charge in [-0.1, -0.05) is 6.07 Å². The van der Waals surface area contributed by atoms with Crippen LogP contribution in [0, 0.1) is 0 Å². The van der Waals surface area contributed by atoms with Gasteiger partial charge in [0.15, 0.2) is 0 Å². The maximum atomic E-state index is 5.53. The molecule has 3 heteroatoms. The number of rotatable bonds is 2. The van der Waals surface area contributed by atoms with Crippen LogP contribution in [0.5, 0.6) is 5.75 Å². The predicted molar refractivity (Wildman–Crippen MR) is 61.5 cm³/mol. The van der Waals surface area contributed by atoms with Crippen molar-refractivity contribution < 1.29 is 9.47 Å². The SMILES string of the molecule is COc1ccc2c(c1C1CCCN1)COC2. The van der Waals surface area contributed by atoms with Crippen LogP contribution in [0.15, 0.2) is 12.1 Å². The minimum Gasteiger partial charge on any atom is -0.496 e. The molecule has 16 heavy (non-hydrogen) atoms. The zero-order valence-electron chi connectivity index (χ0n) is 9.58. The molecule has 0 spiro atoms. The number of hydrogen-bond donors (Lipinski definition) is 1. The van der Waals surface area contributed by atoms with Crippen molar-refractivity contribution in [3.05, 3.63) is 28.8 Å². The summed E-state index contributed by atoms with van der Waals surface area (Å²) in [6.07, 6.45) is 2.45. The average molecular weight is 219 g/mol. The summed E-state index contributed by atoms with van der Waals surface area (Å²) in [7, 11) is 1.75. The topological polar surface area (TPSA) is 30.5 Å². The Balaban J connectivity index is 2.08. The van der Waals surface area contributed by atoms with Gasteiger partial charge in [0.05, 0.1) is 20.3 Å². The highest BCUT2D eigenvalue weighted by molar-refractivity contribution is 5.48. The van der Waals surface area contributed by atoms with Gasteiger partial charge in [-0.3, -0.25) is 0 Å². The Bertz CT molecular complexity index is 397. The van der Waals surface area contributed by atoms with Crippen molar-refractivity contribution in [1.82, 2.24) is 5.32 Å². The molecule has 0 aromatic heterocycles. The van der Waals surface area contributed by atoms with Crippen LogP contribution in [0.3, 0.4) is 0 Å². The molecule has 1 fully saturated rings. The van der Waals surface area contributed by atoms with Crippen LogP contribution in [-0.4, -0.2) is 13.7 Å². The summed E-state index contributed by atoms with van der Waals surface area (Å²) in [5, 5.41) is 3.54. The van der Waals surface area contributed by atoms with Gasteiger partial charge in [-0.25, -0.2) is 0 Å². The molecule has 1 N–H and O–H groups in total. The molecule has 1 atom stereocenters. The van der Waals surface area contributed by atoms with Gasteiger partial charge in [-0.15, -0.1) is 0 Å². The minimum atomic E-state index is 0.451. The van der Waals surface area contributed by atoms with E-state index >= 15 is 0 Å². The number of methoxy groups -OCH3 is 1. The largest absolute Gasteiger partial charge is 0.496 e. The molecule has 2 heterocycles. The van der Waals surface area contributed by atoms with Gasteiger partial charge in [0.2, 0.25) is 0 Å². The van der Waals surface area contributed by atoms with Crippen LogP contribution < -0.4 is 10.1 Å². The Labute approximate surface area is 95.8 Å². The Kier molecular flexibility index (Phi) is 2.58. The van der Waals surface area contributed by atoms with E-state index in [0.29, 0.717) is 6.04 Å². The van der Waals surface area contributed by atoms with E-state index in [9.17, 15) is 0 Å². The normalized spacial score (nSPS) is 23.4. The molecule has 2 aliphatic rings. The van der Waals surface area contributed by atoms with E-state index in [0.717, 1.165) is 25.5 Å². The fourth-order valence-electron chi connectivity index (χ4n) is 2.75. The average Bonchev–Trinajstić information content (AvgIpc) is 2.98. The monoisotopic (exact) mass is 219 g/mol. The lowest BCUT2D eigenvalue weighted by molar-refractivity contribution is 0.134. The van der Waals surface area contributed by atoms with Crippen molar-refractivity contribution in [3.8, 4) is 5.75 Å². The quantitative estimate of drug-likeness (QED) is 0.826. The Hall–Kier alpha value is -1.06. The van der Waals surface area contributed by atoms with Crippen molar-refractivity contribution in [2.75, 3.05) is 13.7 Å². The Morgan fingerprint density at radius 2 is 2.31 bits per heavy atom. The zero-order chi connectivity index (χ0) is 11.0. The fourth-order valence-corrected chi connectivity index (χ4v) is 2.75. The van der Waals surface area contributed by atoms with Crippen molar-refractivity contribution in [2.45, 2.75) is 32.1 Å². The van der Waals surface area contributed by atoms with E-state index in [1.54, 1.807) is 7.11 Å². The summed E-state index contributed by atoms with van der Waals surface area (Å²) in [5.74, 6) is 1.00. The van der Waals surface area contributed by atoms with Crippen LogP contribution in [0.1, 0.15) is 35.6 Å². The van der Waals surface area contributed by atoms with Crippen molar-refractivity contribution in [1.29, 1.82) is 0 Å². The third-order valence-corrected chi connectivity index (χ3v) is 3.55. The van der Waals surface area contributed by atoms with Crippen LogP contribution in [0.25, 0.3) is 0 Å². The fraction of sp³-hybridized carbons (Fsp3) is 0.538. The second-order valence-corrected chi connectivity index (χ2v) is 4.46. The molecule has 1 saturated heterocycles. The second-order valence-electron chi connectivity index (χ2n) is 4.46. The number of hydrogen-bond acceptors (Lipinski definition) is 3. The highest BCUT2D eigenvalue weighted by Gasteiger charge is 2.26. The van der Waals surface area contributed by atoms with Crippen molar-refractivity contribution >= 4 is 0 Å². The Morgan fingerprint density at radius 3 is 3.06 bits per heavy atom. The van der Waals surface area contributed by atoms with E-state index < -0.39 is 0 Å². The minimum absolute atomic E-state index is 0.451. The second kappa shape index (κ2) is 4.07. The first-order valence-corrected chi connectivity index (χ1v) is 5.90. The first-order chi connectivity index (χ1) is 7.90. The molecular formula is C13H17NO2. The smallest absolute Gasteiger partial charge is 0.124 e. The molecule has 2 aliphatic heterocycles. The lowest BCUT2D eigenvalue weighted by Crippen LogP contribution is -2.16. The van der Waals surface area contributed by atoms with Gasteiger partial charge in [0.1, 0.15) is 5.75 Å². The van der Waals surface area contributed by atoms with E-state index in [4.69, 9.17) is 9.47 Å². The summed E-state index contributed by atoms with van der Waals surface area (Å²) in [5.41, 5.74) is 4.00. The molecule has 1 unspecified atom stereocenters. The molecule has 0 radical (unpaired) electrons. The van der Waals surface area contributed by atoms with E-state index in [-0.39, 0.29) is 0 Å². The third kappa shape index (κ3) is 1.51. The molecule has 0 aliphatic carbocycles. The van der Waals surface area contributed by atoms with E-state index in [2.05, 4.69) is 17.4 Å². The predicted octanol–water partition coefficient (Wildman–Crippen LogP) is 2.15. The van der Waals surface area contributed by atoms with E-state index in [1.165, 1.54) is 29.5 Å². The first kappa shape index (κ1) is 10.1. The number of ether oxygens (including phenoxy) is 2. The van der Waals surface area contributed by atoms with Gasteiger partial charge in [0.25, 0.3) is 0 Å². The summed E-state index contributed by atoms with van der Waals surface area (Å²) in [6.45, 7) is 2.59. The summed E-state index contributed by atoms with van der Waals surface area (Å²) in [6, 6.07) is 4.65. The highest BCUT2D eigenvalue weighted by Crippen LogP contribution is 2.38. The van der Waals surface area contributed by atoms with Gasteiger partial charge in [-0.2, -0.15) is 0 Å². The van der Waals surface area contributed by atoms with Gasteiger partial charge in [-0.05, 0) is 36.6 Å². The van der Waals surface area contributed by atoms with Gasteiger partial charge < -0.3 is 14.8 Å².